The molecule has 1 aromatic rings. The van der Waals surface area contributed by atoms with Crippen molar-refractivity contribution in [3.63, 3.8) is 0 Å². The minimum atomic E-state index is -3.92. The van der Waals surface area contributed by atoms with Crippen molar-refractivity contribution in [1.82, 2.24) is 0 Å². The van der Waals surface area contributed by atoms with Gasteiger partial charge in [-0.2, -0.15) is 0 Å². The van der Waals surface area contributed by atoms with Gasteiger partial charge in [-0.05, 0) is 0 Å². The van der Waals surface area contributed by atoms with Gasteiger partial charge in [0.25, 0.3) is 0 Å². The van der Waals surface area contributed by atoms with Gasteiger partial charge in [0.15, 0.2) is 0 Å². The van der Waals surface area contributed by atoms with Crippen molar-refractivity contribution in [3.05, 3.63) is 23.8 Å². The maximum atomic E-state index is 10.9. The second kappa shape index (κ2) is 6.51. The molecule has 0 bridgehead atoms. The number of nitrogens with one attached hydrogen (secondary N) is 1. The van der Waals surface area contributed by atoms with E-state index < -0.39 is 9.46 Å². The van der Waals surface area contributed by atoms with Crippen LogP contribution >= 0.6 is 0 Å². The van der Waals surface area contributed by atoms with Crippen molar-refractivity contribution < 1.29 is 17.7 Å². The molecule has 0 heterocycles. The Morgan fingerprint density at radius 1 is 1.53 bits per heavy atom. The molecule has 5 nitrogen and oxygen atoms in total. The number of hydrogen-bond donors (Lipinski definition) is 2. The Hall–Kier alpha value is 0.366. The molecule has 0 aliphatic carbocycles. The molecule has 0 saturated heterocycles. The summed E-state index contributed by atoms with van der Waals surface area (Å²) < 4.78 is 35.2. The van der Waals surface area contributed by atoms with Crippen LogP contribution in [0.4, 0.5) is 5.69 Å². The van der Waals surface area contributed by atoms with Gasteiger partial charge in [0.1, 0.15) is 0 Å². The predicted molar refractivity (Wildman–Crippen MR) is 67.3 cm³/mol. The fourth-order valence-corrected chi connectivity index (χ4v) is 1.93. The topological polar surface area (TPSA) is 75.6 Å². The van der Waals surface area contributed by atoms with Gasteiger partial charge >= 0.3 is 137 Å². The molecular formula is C10H14KNO4S. The molecule has 0 aliphatic heterocycles. The van der Waals surface area contributed by atoms with E-state index in [4.69, 9.17) is 9.29 Å². The van der Waals surface area contributed by atoms with E-state index in [9.17, 15) is 8.42 Å². The number of hydrogen-bond acceptors (Lipinski definition) is 4. The van der Waals surface area contributed by atoms with Gasteiger partial charge < -0.3 is 0 Å². The van der Waals surface area contributed by atoms with E-state index in [0.717, 1.165) is 11.3 Å². The summed E-state index contributed by atoms with van der Waals surface area (Å²) in [6.45, 7) is 2.15. The molecule has 0 fully saturated rings. The Kier molecular flexibility index (Phi) is 5.91. The third kappa shape index (κ3) is 4.86. The molecule has 17 heavy (non-hydrogen) atoms. The standard InChI is InChI=1S/C10H14NO4S.K/c1-8-3-4-10(15-2)9(7-8)11-5-6-16(12,13)14;/h3-4,6-7,11H,5H2,1-2H3,(H,12,13,14);. The quantitative estimate of drug-likeness (QED) is 0.617. The van der Waals surface area contributed by atoms with E-state index in [0.29, 0.717) is 5.75 Å². The van der Waals surface area contributed by atoms with Gasteiger partial charge in [-0.1, -0.05) is 0 Å². The van der Waals surface area contributed by atoms with Crippen molar-refractivity contribution in [1.29, 1.82) is 0 Å². The second-order valence-corrected chi connectivity index (χ2v) is 9.23. The van der Waals surface area contributed by atoms with E-state index in [1.165, 1.54) is 0 Å². The Balaban J connectivity index is 2.78. The van der Waals surface area contributed by atoms with Crippen LogP contribution in [0.15, 0.2) is 18.2 Å². The van der Waals surface area contributed by atoms with Crippen LogP contribution in [0.3, 0.4) is 0 Å². The van der Waals surface area contributed by atoms with Gasteiger partial charge in [0.05, 0.1) is 0 Å². The molecular weight excluding hydrogens is 269 g/mol. The Labute approximate surface area is 135 Å². The molecule has 7 heteroatoms. The molecule has 90 valence electrons. The third-order valence-electron chi connectivity index (χ3n) is 2.44. The zero-order chi connectivity index (χ0) is 13.1. The Morgan fingerprint density at radius 2 is 2.18 bits per heavy atom. The monoisotopic (exact) mass is 283 g/mol. The molecule has 0 radical (unpaired) electrons. The third-order valence-corrected chi connectivity index (χ3v) is 7.06. The van der Waals surface area contributed by atoms with Crippen LogP contribution in [0.2, 0.25) is 0 Å². The summed E-state index contributed by atoms with van der Waals surface area (Å²) >= 11 is -0.00928. The average Bonchev–Trinajstić information content (AvgIpc) is 2.24. The molecule has 1 atom stereocenters. The molecule has 0 amide bonds. The van der Waals surface area contributed by atoms with Crippen LogP contribution < -0.4 is 10.1 Å². The summed E-state index contributed by atoms with van der Waals surface area (Å²) in [5, 5.41) is 2.99. The number of methoxy groups -OCH3 is 1. The molecule has 1 rings (SSSR count). The van der Waals surface area contributed by atoms with E-state index in [1.807, 2.05) is 25.1 Å². The van der Waals surface area contributed by atoms with Crippen molar-refractivity contribution in [2.45, 2.75) is 6.27 Å². The Bertz CT molecular complexity index is 489. The first-order valence-corrected chi connectivity index (χ1v) is 8.50. The van der Waals surface area contributed by atoms with Gasteiger partial charge in [-0.3, -0.25) is 0 Å². The molecule has 2 N–H and O–H groups in total. The number of anilines is 1. The normalized spacial score (nSPS) is 13.2. The maximum absolute atomic E-state index is 10.9. The van der Waals surface area contributed by atoms with Crippen LogP contribution in [0.5, 0.6) is 5.75 Å². The number of aryl methyl sites for hydroxylation is 1. The molecule has 0 spiro atoms. The van der Waals surface area contributed by atoms with E-state index >= 15 is 0 Å². The van der Waals surface area contributed by atoms with Crippen LogP contribution in [0, 0.1) is 6.92 Å². The second-order valence-electron chi connectivity index (χ2n) is 3.91. The predicted octanol–water partition coefficient (Wildman–Crippen LogP) is 0.798. The number of benzene rings is 1. The van der Waals surface area contributed by atoms with Crippen LogP contribution in [0.1, 0.15) is 5.56 Å². The van der Waals surface area contributed by atoms with E-state index in [-0.39, 0.29) is 55.5 Å². The minimum absolute atomic E-state index is 0.00928. The first-order chi connectivity index (χ1) is 7.84. The van der Waals surface area contributed by atoms with Gasteiger partial charge in [0.2, 0.25) is 0 Å². The van der Waals surface area contributed by atoms with Crippen molar-refractivity contribution in [3.8, 4) is 5.75 Å². The Morgan fingerprint density at radius 3 is 2.71 bits per heavy atom. The molecule has 0 aromatic heterocycles. The summed E-state index contributed by atoms with van der Waals surface area (Å²) in [6.07, 6.45) is 0. The van der Waals surface area contributed by atoms with Crippen molar-refractivity contribution >= 4 is 64.8 Å². The fourth-order valence-electron chi connectivity index (χ4n) is 1.32. The first kappa shape index (κ1) is 15.4. The first-order valence-electron chi connectivity index (χ1n) is 5.19. The van der Waals surface area contributed by atoms with E-state index in [1.54, 1.807) is 7.11 Å². The van der Waals surface area contributed by atoms with Gasteiger partial charge in [0, 0.05) is 0 Å². The van der Waals surface area contributed by atoms with Crippen LogP contribution in [-0.2, 0) is 10.1 Å². The van der Waals surface area contributed by atoms with Gasteiger partial charge in [-0.25, -0.2) is 0 Å². The van der Waals surface area contributed by atoms with E-state index in [2.05, 4.69) is 5.32 Å². The van der Waals surface area contributed by atoms with Crippen molar-refractivity contribution in [2.24, 2.45) is 0 Å². The number of ether oxygens (including phenoxy) is 1. The van der Waals surface area contributed by atoms with Crippen molar-refractivity contribution in [2.75, 3.05) is 19.0 Å². The molecule has 1 unspecified atom stereocenters. The zero-order valence-corrected chi connectivity index (χ0v) is 14.0. The van der Waals surface area contributed by atoms with Crippen LogP contribution in [0.25, 0.3) is 0 Å². The molecule has 1 aromatic carbocycles. The SMILES string of the molecule is COc1ccc(C)cc1NC[CH]([K])S(=O)(=O)O. The fraction of sp³-hybridized carbons (Fsp3) is 0.400. The average molecular weight is 283 g/mol. The zero-order valence-electron chi connectivity index (χ0n) is 10.1. The summed E-state index contributed by atoms with van der Waals surface area (Å²) in [6, 6.07) is 5.60. The number of rotatable bonds is 5. The van der Waals surface area contributed by atoms with Gasteiger partial charge in [-0.15, -0.1) is 0 Å². The summed E-state index contributed by atoms with van der Waals surface area (Å²) in [7, 11) is -2.37. The molecule has 0 saturated carbocycles. The summed E-state index contributed by atoms with van der Waals surface area (Å²) in [5.74, 6) is 0.658. The summed E-state index contributed by atoms with van der Waals surface area (Å²) in [4.78, 5) is 0. The summed E-state index contributed by atoms with van der Waals surface area (Å²) in [5.41, 5.74) is 1.79. The molecule has 0 aliphatic rings. The van der Waals surface area contributed by atoms with Crippen LogP contribution in [-0.4, -0.2) is 74.9 Å².